The van der Waals surface area contributed by atoms with Gasteiger partial charge in [0.2, 0.25) is 11.8 Å². The van der Waals surface area contributed by atoms with Crippen molar-refractivity contribution in [2.45, 2.75) is 33.6 Å². The van der Waals surface area contributed by atoms with Crippen LogP contribution in [0, 0.1) is 13.8 Å². The molecule has 0 saturated carbocycles. The lowest BCUT2D eigenvalue weighted by molar-refractivity contribution is -0.120. The van der Waals surface area contributed by atoms with Gasteiger partial charge in [-0.2, -0.15) is 5.10 Å². The minimum absolute atomic E-state index is 0.0869. The van der Waals surface area contributed by atoms with E-state index in [-0.39, 0.29) is 24.7 Å². The molecule has 0 spiro atoms. The molecular weight excluding hydrogens is 370 g/mol. The van der Waals surface area contributed by atoms with Crippen LogP contribution >= 0.6 is 0 Å². The van der Waals surface area contributed by atoms with E-state index in [1.54, 1.807) is 39.3 Å². The maximum absolute atomic E-state index is 12.2. The summed E-state index contributed by atoms with van der Waals surface area (Å²) in [6.07, 6.45) is 0.218. The number of hydrazone groups is 1. The van der Waals surface area contributed by atoms with E-state index >= 15 is 0 Å². The van der Waals surface area contributed by atoms with Crippen molar-refractivity contribution in [1.29, 1.82) is 0 Å². The van der Waals surface area contributed by atoms with Gasteiger partial charge in [-0.25, -0.2) is 5.43 Å². The molecule has 2 aromatic carbocycles. The molecule has 29 heavy (non-hydrogen) atoms. The summed E-state index contributed by atoms with van der Waals surface area (Å²) in [6, 6.07) is 11.1. The Morgan fingerprint density at radius 2 is 1.59 bits per heavy atom. The van der Waals surface area contributed by atoms with Crippen LogP contribution < -0.4 is 20.2 Å². The number of anilines is 1. The normalized spacial score (nSPS) is 11.0. The van der Waals surface area contributed by atoms with Gasteiger partial charge in [0.05, 0.1) is 27.1 Å². The quantitative estimate of drug-likeness (QED) is 0.528. The van der Waals surface area contributed by atoms with E-state index in [4.69, 9.17) is 9.47 Å². The van der Waals surface area contributed by atoms with Crippen molar-refractivity contribution in [1.82, 2.24) is 5.43 Å². The van der Waals surface area contributed by atoms with Crippen LogP contribution in [0.3, 0.4) is 0 Å². The number of rotatable bonds is 8. The number of methoxy groups -OCH3 is 2. The predicted molar refractivity (Wildman–Crippen MR) is 114 cm³/mol. The van der Waals surface area contributed by atoms with Gasteiger partial charge in [0.25, 0.3) is 0 Å². The summed E-state index contributed by atoms with van der Waals surface area (Å²) < 4.78 is 10.4. The first-order valence-corrected chi connectivity index (χ1v) is 9.21. The zero-order valence-corrected chi connectivity index (χ0v) is 17.5. The summed E-state index contributed by atoms with van der Waals surface area (Å²) in [5, 5.41) is 6.86. The highest BCUT2D eigenvalue weighted by molar-refractivity contribution is 6.05. The summed E-state index contributed by atoms with van der Waals surface area (Å²) in [7, 11) is 3.09. The van der Waals surface area contributed by atoms with Crippen LogP contribution in [0.15, 0.2) is 41.5 Å². The van der Waals surface area contributed by atoms with Gasteiger partial charge in [-0.3, -0.25) is 9.59 Å². The number of carbonyl (C=O) groups excluding carboxylic acids is 2. The predicted octanol–water partition coefficient (Wildman–Crippen LogP) is 3.38. The number of hydrogen-bond donors (Lipinski definition) is 2. The van der Waals surface area contributed by atoms with Gasteiger partial charge in [0.1, 0.15) is 0 Å². The second kappa shape index (κ2) is 10.3. The van der Waals surface area contributed by atoms with Crippen LogP contribution in [0.5, 0.6) is 11.5 Å². The SMILES string of the molecule is COc1ccc(CC(=O)N/N=C(/C)CC(=O)Nc2cc(C)cc(C)c2)cc1OC. The Kier molecular flexibility index (Phi) is 7.77. The van der Waals surface area contributed by atoms with Crippen molar-refractivity contribution < 1.29 is 19.1 Å². The molecule has 7 heteroatoms. The molecule has 154 valence electrons. The molecule has 2 N–H and O–H groups in total. The van der Waals surface area contributed by atoms with Crippen molar-refractivity contribution in [3.63, 3.8) is 0 Å². The van der Waals surface area contributed by atoms with Gasteiger partial charge in [0.15, 0.2) is 11.5 Å². The lowest BCUT2D eigenvalue weighted by Gasteiger charge is -2.09. The van der Waals surface area contributed by atoms with Crippen LogP contribution in [-0.4, -0.2) is 31.7 Å². The van der Waals surface area contributed by atoms with Crippen LogP contribution in [0.25, 0.3) is 0 Å². The number of ether oxygens (including phenoxy) is 2. The number of benzene rings is 2. The van der Waals surface area contributed by atoms with E-state index in [1.165, 1.54) is 0 Å². The highest BCUT2D eigenvalue weighted by Crippen LogP contribution is 2.27. The molecule has 0 aliphatic rings. The molecule has 0 heterocycles. The van der Waals surface area contributed by atoms with Crippen LogP contribution in [0.1, 0.15) is 30.0 Å². The Labute approximate surface area is 171 Å². The molecule has 2 aromatic rings. The Balaban J connectivity index is 1.88. The minimum Gasteiger partial charge on any atom is -0.493 e. The molecule has 2 amide bonds. The van der Waals surface area contributed by atoms with Gasteiger partial charge < -0.3 is 14.8 Å². The topological polar surface area (TPSA) is 89.0 Å². The summed E-state index contributed by atoms with van der Waals surface area (Å²) in [6.45, 7) is 5.64. The Morgan fingerprint density at radius 1 is 0.931 bits per heavy atom. The summed E-state index contributed by atoms with van der Waals surface area (Å²) in [5.74, 6) is 0.678. The zero-order valence-electron chi connectivity index (χ0n) is 17.5. The van der Waals surface area contributed by atoms with E-state index in [0.29, 0.717) is 17.2 Å². The van der Waals surface area contributed by atoms with E-state index in [2.05, 4.69) is 15.8 Å². The molecule has 0 aliphatic heterocycles. The van der Waals surface area contributed by atoms with Crippen molar-refractivity contribution >= 4 is 23.2 Å². The van der Waals surface area contributed by atoms with E-state index in [0.717, 1.165) is 22.4 Å². The van der Waals surface area contributed by atoms with Crippen molar-refractivity contribution in [3.05, 3.63) is 53.1 Å². The molecule has 7 nitrogen and oxygen atoms in total. The first kappa shape index (κ1) is 21.9. The summed E-state index contributed by atoms with van der Waals surface area (Å²) >= 11 is 0. The average molecular weight is 397 g/mol. The molecule has 0 saturated heterocycles. The Bertz CT molecular complexity index is 902. The molecule has 2 rings (SSSR count). The summed E-state index contributed by atoms with van der Waals surface area (Å²) in [5.41, 5.74) is 6.65. The lowest BCUT2D eigenvalue weighted by atomic mass is 10.1. The molecule has 0 fully saturated rings. The number of aryl methyl sites for hydroxylation is 2. The van der Waals surface area contributed by atoms with Crippen molar-refractivity contribution in [2.75, 3.05) is 19.5 Å². The first-order chi connectivity index (χ1) is 13.8. The maximum atomic E-state index is 12.2. The van der Waals surface area contributed by atoms with Gasteiger partial charge in [-0.1, -0.05) is 12.1 Å². The number of nitrogens with zero attached hydrogens (tertiary/aromatic N) is 1. The molecular formula is C22H27N3O4. The van der Waals surface area contributed by atoms with Crippen molar-refractivity contribution in [3.8, 4) is 11.5 Å². The summed E-state index contributed by atoms with van der Waals surface area (Å²) in [4.78, 5) is 24.3. The van der Waals surface area contributed by atoms with E-state index in [9.17, 15) is 9.59 Å². The highest BCUT2D eigenvalue weighted by Gasteiger charge is 2.09. The fourth-order valence-electron chi connectivity index (χ4n) is 2.90. The van der Waals surface area contributed by atoms with Gasteiger partial charge in [0, 0.05) is 11.4 Å². The third-order valence-corrected chi connectivity index (χ3v) is 4.11. The van der Waals surface area contributed by atoms with E-state index < -0.39 is 0 Å². The fourth-order valence-corrected chi connectivity index (χ4v) is 2.90. The third kappa shape index (κ3) is 6.95. The van der Waals surface area contributed by atoms with Crippen LogP contribution in [0.2, 0.25) is 0 Å². The number of amides is 2. The molecule has 0 radical (unpaired) electrons. The average Bonchev–Trinajstić information content (AvgIpc) is 2.65. The van der Waals surface area contributed by atoms with Crippen LogP contribution in [0.4, 0.5) is 5.69 Å². The monoisotopic (exact) mass is 397 g/mol. The lowest BCUT2D eigenvalue weighted by Crippen LogP contribution is -2.23. The third-order valence-electron chi connectivity index (χ3n) is 4.11. The van der Waals surface area contributed by atoms with E-state index in [1.807, 2.05) is 32.0 Å². The minimum atomic E-state index is -0.286. The Morgan fingerprint density at radius 3 is 2.21 bits per heavy atom. The standard InChI is InChI=1S/C22H27N3O4/c1-14-8-15(2)10-18(9-14)23-21(26)11-16(3)24-25-22(27)13-17-6-7-19(28-4)20(12-17)29-5/h6-10,12H,11,13H2,1-5H3,(H,23,26)(H,25,27)/b24-16-. The fraction of sp³-hybridized carbons (Fsp3) is 0.318. The smallest absolute Gasteiger partial charge is 0.244 e. The second-order valence-corrected chi connectivity index (χ2v) is 6.85. The van der Waals surface area contributed by atoms with Gasteiger partial charge in [-0.05, 0) is 61.7 Å². The molecule has 0 unspecified atom stereocenters. The zero-order chi connectivity index (χ0) is 21.4. The van der Waals surface area contributed by atoms with Gasteiger partial charge in [-0.15, -0.1) is 0 Å². The van der Waals surface area contributed by atoms with Crippen molar-refractivity contribution in [2.24, 2.45) is 5.10 Å². The molecule has 0 bridgehead atoms. The largest absolute Gasteiger partial charge is 0.493 e. The molecule has 0 aliphatic carbocycles. The number of carbonyl (C=O) groups is 2. The maximum Gasteiger partial charge on any atom is 0.244 e. The van der Waals surface area contributed by atoms with Gasteiger partial charge >= 0.3 is 0 Å². The number of hydrogen-bond acceptors (Lipinski definition) is 5. The Hall–Kier alpha value is -3.35. The van der Waals surface area contributed by atoms with Crippen LogP contribution in [-0.2, 0) is 16.0 Å². The highest BCUT2D eigenvalue weighted by atomic mass is 16.5. The molecule has 0 atom stereocenters. The first-order valence-electron chi connectivity index (χ1n) is 9.21. The second-order valence-electron chi connectivity index (χ2n) is 6.85. The number of nitrogens with one attached hydrogen (secondary N) is 2. The molecule has 0 aromatic heterocycles.